The average Bonchev–Trinajstić information content (AvgIpc) is 3.58. The minimum Gasteiger partial charge on any atom is -0.507 e. The van der Waals surface area contributed by atoms with Crippen LogP contribution in [-0.2, 0) is 30.3 Å². The molecule has 9 atom stereocenters. The molecule has 6 N–H and O–H groups in total. The molecule has 2 amide bonds. The normalized spacial score (nSPS) is 30.0. The van der Waals surface area contributed by atoms with Crippen molar-refractivity contribution >= 4 is 29.4 Å². The standard InChI is InChI=1S/C50H59N3O14/c1-26-12-9-13-27(2)48(61)52-38-39(53-19-22-64-23-20-53)44(59)35-36(43(38)58)42(57)31(6)46-37(35)47(60)50(7,67-46)65-21-17-34(63-8)28(3)45(30(5)41(56)29(4)40(26)55)66-49(62)51-18-11-16-32-14-10-15-33(24-32)25-54/h9-10,12-15,17,21,24,26,28-30,34,40-41,45,54-57H,18-20,22-23,25H2,1-8H3,(H,51,62)(H,52,61)/b12-9+,21-17+,27-13-/t26-,28+,29+,30+,34-,40-,41+,45+,50-/m0/s1. The van der Waals surface area contributed by atoms with E-state index in [0.717, 1.165) is 6.26 Å². The maximum Gasteiger partial charge on any atom is 0.408 e. The summed E-state index contributed by atoms with van der Waals surface area (Å²) in [6, 6.07) is 6.99. The second-order valence-corrected chi connectivity index (χ2v) is 17.4. The number of carbonyl (C=O) groups is 5. The van der Waals surface area contributed by atoms with E-state index in [9.17, 15) is 44.4 Å². The zero-order valence-corrected chi connectivity index (χ0v) is 38.9. The molecule has 17 heteroatoms. The Morgan fingerprint density at radius 2 is 1.69 bits per heavy atom. The maximum atomic E-state index is 14.8. The number of rotatable bonds is 5. The third-order valence-corrected chi connectivity index (χ3v) is 12.9. The van der Waals surface area contributed by atoms with Gasteiger partial charge in [0.05, 0.1) is 67.6 Å². The predicted octanol–water partition coefficient (Wildman–Crippen LogP) is 4.00. The lowest BCUT2D eigenvalue weighted by Crippen LogP contribution is -2.47. The molecule has 67 heavy (non-hydrogen) atoms. The number of alkyl carbamates (subject to hydrolysis) is 1. The highest BCUT2D eigenvalue weighted by Crippen LogP contribution is 2.49. The highest BCUT2D eigenvalue weighted by molar-refractivity contribution is 6.32. The summed E-state index contributed by atoms with van der Waals surface area (Å²) >= 11 is 0. The first-order valence-corrected chi connectivity index (χ1v) is 22.2. The summed E-state index contributed by atoms with van der Waals surface area (Å²) in [5, 5.41) is 49.6. The number of amides is 2. The number of benzene rings is 2. The zero-order chi connectivity index (χ0) is 48.9. The van der Waals surface area contributed by atoms with Gasteiger partial charge in [0.25, 0.3) is 11.7 Å². The van der Waals surface area contributed by atoms with Gasteiger partial charge in [0.2, 0.25) is 11.6 Å². The summed E-state index contributed by atoms with van der Waals surface area (Å²) in [5.41, 5.74) is -0.296. The number of Topliss-reactive ketones (excluding diaryl/α,β-unsaturated/α-hetero) is 3. The summed E-state index contributed by atoms with van der Waals surface area (Å²) in [4.78, 5) is 72.6. The van der Waals surface area contributed by atoms with Gasteiger partial charge >= 0.3 is 11.9 Å². The number of carbonyl (C=O) groups excluding carboxylic acids is 5. The molecule has 2 aromatic carbocycles. The molecule has 4 heterocycles. The first kappa shape index (κ1) is 50.1. The smallest absolute Gasteiger partial charge is 0.408 e. The number of nitrogens with zero attached hydrogens (tertiary/aromatic N) is 1. The van der Waals surface area contributed by atoms with E-state index in [2.05, 4.69) is 22.5 Å². The summed E-state index contributed by atoms with van der Waals surface area (Å²) < 4.78 is 29.5. The lowest BCUT2D eigenvalue weighted by Gasteiger charge is -2.38. The van der Waals surface area contributed by atoms with Crippen molar-refractivity contribution in [2.75, 3.05) is 40.0 Å². The fraction of sp³-hybridized carbons (Fsp3) is 0.460. The maximum absolute atomic E-state index is 14.8. The Kier molecular flexibility index (Phi) is 15.8. The minimum absolute atomic E-state index is 0.0200. The second-order valence-electron chi connectivity index (χ2n) is 17.4. The van der Waals surface area contributed by atoms with Crippen molar-refractivity contribution < 1.29 is 68.1 Å². The summed E-state index contributed by atoms with van der Waals surface area (Å²) in [5.74, 6) is -3.29. The number of hydrogen-bond acceptors (Lipinski definition) is 15. The summed E-state index contributed by atoms with van der Waals surface area (Å²) in [7, 11) is 1.41. The molecule has 5 aliphatic rings. The second kappa shape index (κ2) is 21.1. The van der Waals surface area contributed by atoms with Crippen molar-refractivity contribution in [2.45, 2.75) is 85.3 Å². The Labute approximate surface area is 389 Å². The third-order valence-electron chi connectivity index (χ3n) is 12.9. The Morgan fingerprint density at radius 3 is 2.37 bits per heavy atom. The molecule has 17 nitrogen and oxygen atoms in total. The van der Waals surface area contributed by atoms with Gasteiger partial charge in [-0.05, 0) is 37.6 Å². The van der Waals surface area contributed by atoms with E-state index in [1.54, 1.807) is 69.0 Å². The van der Waals surface area contributed by atoms with Gasteiger partial charge in [-0.15, -0.1) is 0 Å². The molecule has 0 spiro atoms. The SMILES string of the molecule is CO[C@H]1/C=C/O[C@@]2(C)Oc3c(C)c(O)c4c(c3C2=O)C(=O)C(N2CCOCC2)=C(NC(=O)/C(C)=C\C=C\[C@H](C)[C@H](O)[C@@H](C)[C@@H](O)[C@@H](C)[C@H](OC(=O)NCC#Cc2cccc(CO)c2)[C@@H]1C)C4=O. The van der Waals surface area contributed by atoms with Crippen LogP contribution in [0.1, 0.15) is 89.3 Å². The average molecular weight is 926 g/mol. The van der Waals surface area contributed by atoms with E-state index in [1.807, 2.05) is 0 Å². The van der Waals surface area contributed by atoms with E-state index in [0.29, 0.717) is 11.1 Å². The fourth-order valence-electron chi connectivity index (χ4n) is 8.75. The van der Waals surface area contributed by atoms with E-state index in [-0.39, 0.29) is 73.3 Å². The number of aliphatic hydroxyl groups is 3. The number of ketones is 3. The monoisotopic (exact) mass is 925 g/mol. The minimum atomic E-state index is -2.13. The van der Waals surface area contributed by atoms with Crippen molar-refractivity contribution in [3.63, 3.8) is 0 Å². The van der Waals surface area contributed by atoms with E-state index >= 15 is 0 Å². The van der Waals surface area contributed by atoms with Crippen LogP contribution >= 0.6 is 0 Å². The van der Waals surface area contributed by atoms with Crippen molar-refractivity contribution in [1.29, 1.82) is 0 Å². The fourth-order valence-corrected chi connectivity index (χ4v) is 8.75. The molecule has 1 aliphatic carbocycles. The molecular weight excluding hydrogens is 867 g/mol. The Bertz CT molecular complexity index is 2470. The molecule has 4 aliphatic heterocycles. The topological polar surface area (TPSA) is 240 Å². The van der Waals surface area contributed by atoms with Gasteiger partial charge in [-0.25, -0.2) is 4.79 Å². The number of methoxy groups -OCH3 is 1. The van der Waals surface area contributed by atoms with Gasteiger partial charge in [-0.1, -0.05) is 69.9 Å². The zero-order valence-electron chi connectivity index (χ0n) is 38.9. The number of phenols is 1. The summed E-state index contributed by atoms with van der Waals surface area (Å²) in [6.07, 6.45) is 2.07. The highest BCUT2D eigenvalue weighted by atomic mass is 16.7. The number of morpholine rings is 1. The van der Waals surface area contributed by atoms with Crippen LogP contribution in [0.3, 0.4) is 0 Å². The lowest BCUT2D eigenvalue weighted by atomic mass is 9.78. The Balaban J connectivity index is 1.39. The molecule has 1 fully saturated rings. The molecule has 358 valence electrons. The number of fused-ring (bicyclic) bond motifs is 14. The number of aliphatic hydroxyl groups excluding tert-OH is 3. The number of phenolic OH excluding ortho intramolecular Hbond substituents is 1. The predicted molar refractivity (Wildman–Crippen MR) is 243 cm³/mol. The van der Waals surface area contributed by atoms with E-state index < -0.39 is 100 Å². The van der Waals surface area contributed by atoms with Crippen LogP contribution in [0.15, 0.2) is 71.8 Å². The van der Waals surface area contributed by atoms with Gasteiger partial charge in [0.15, 0.2) is 0 Å². The number of aromatic hydroxyl groups is 1. The first-order chi connectivity index (χ1) is 31.8. The first-order valence-electron chi connectivity index (χ1n) is 22.2. The van der Waals surface area contributed by atoms with Gasteiger partial charge in [-0.2, -0.15) is 0 Å². The Hall–Kier alpha value is -6.29. The molecule has 5 bridgehead atoms. The number of hydrogen-bond donors (Lipinski definition) is 6. The van der Waals surface area contributed by atoms with Gasteiger partial charge in [-0.3, -0.25) is 19.2 Å². The van der Waals surface area contributed by atoms with Crippen LogP contribution in [0.5, 0.6) is 11.5 Å². The van der Waals surface area contributed by atoms with Gasteiger partial charge < -0.3 is 59.6 Å². The molecule has 0 saturated carbocycles. The molecule has 0 radical (unpaired) electrons. The Morgan fingerprint density at radius 1 is 0.970 bits per heavy atom. The van der Waals surface area contributed by atoms with Gasteiger partial charge in [0.1, 0.15) is 29.0 Å². The van der Waals surface area contributed by atoms with Crippen LogP contribution < -0.4 is 15.4 Å². The molecule has 1 saturated heterocycles. The largest absolute Gasteiger partial charge is 0.507 e. The van der Waals surface area contributed by atoms with Crippen molar-refractivity contribution in [3.8, 4) is 23.3 Å². The van der Waals surface area contributed by atoms with Crippen LogP contribution in [-0.4, -0.2) is 125 Å². The highest BCUT2D eigenvalue weighted by Gasteiger charge is 2.53. The quantitative estimate of drug-likeness (QED) is 0.233. The molecule has 0 aromatic heterocycles. The van der Waals surface area contributed by atoms with Crippen LogP contribution in [0, 0.1) is 42.4 Å². The number of nitrogens with one attached hydrogen (secondary N) is 2. The molecule has 7 rings (SSSR count). The van der Waals surface area contributed by atoms with E-state index in [1.165, 1.54) is 40.0 Å². The van der Waals surface area contributed by atoms with Gasteiger partial charge in [0, 0.05) is 67.5 Å². The van der Waals surface area contributed by atoms with Crippen molar-refractivity contribution in [2.24, 2.45) is 23.7 Å². The van der Waals surface area contributed by atoms with Crippen LogP contribution in [0.4, 0.5) is 4.79 Å². The van der Waals surface area contributed by atoms with Crippen molar-refractivity contribution in [1.82, 2.24) is 15.5 Å². The number of ether oxygens (including phenoxy) is 5. The molecule has 0 unspecified atom stereocenters. The van der Waals surface area contributed by atoms with Crippen LogP contribution in [0.25, 0.3) is 0 Å². The van der Waals surface area contributed by atoms with Crippen molar-refractivity contribution in [3.05, 3.63) is 105 Å². The summed E-state index contributed by atoms with van der Waals surface area (Å²) in [6.45, 7) is 11.5. The van der Waals surface area contributed by atoms with E-state index in [4.69, 9.17) is 23.7 Å². The molecular formula is C50H59N3O14. The lowest BCUT2D eigenvalue weighted by molar-refractivity contribution is -0.116. The number of allylic oxidation sites excluding steroid dienone is 4. The third kappa shape index (κ3) is 10.3. The van der Waals surface area contributed by atoms with Crippen LogP contribution in [0.2, 0.25) is 0 Å². The molecule has 2 aromatic rings.